The van der Waals surface area contributed by atoms with Gasteiger partial charge in [0.05, 0.1) is 17.4 Å². The van der Waals surface area contributed by atoms with Gasteiger partial charge in [-0.15, -0.1) is 0 Å². The maximum absolute atomic E-state index is 13.1. The maximum Gasteiger partial charge on any atom is 0.338 e. The van der Waals surface area contributed by atoms with Crippen molar-refractivity contribution in [2.24, 2.45) is 0 Å². The first-order chi connectivity index (χ1) is 18.1. The topological polar surface area (TPSA) is 99.3 Å². The minimum Gasteiger partial charge on any atom is -0.459 e. The number of hydrogen-bond acceptors (Lipinski definition) is 7. The molecule has 0 spiro atoms. The smallest absolute Gasteiger partial charge is 0.338 e. The van der Waals surface area contributed by atoms with E-state index in [1.54, 1.807) is 43.0 Å². The summed E-state index contributed by atoms with van der Waals surface area (Å²) >= 11 is 6.24. The molecule has 1 fully saturated rings. The second kappa shape index (κ2) is 11.4. The van der Waals surface area contributed by atoms with Crippen LogP contribution in [0.15, 0.2) is 59.3 Å². The Morgan fingerprint density at radius 1 is 0.974 bits per heavy atom. The Balaban J connectivity index is 1.43. The van der Waals surface area contributed by atoms with E-state index in [1.807, 2.05) is 7.05 Å². The second-order valence-corrected chi connectivity index (χ2v) is 10.2. The van der Waals surface area contributed by atoms with Crippen molar-refractivity contribution in [3.8, 4) is 0 Å². The van der Waals surface area contributed by atoms with E-state index in [-0.39, 0.29) is 34.5 Å². The summed E-state index contributed by atoms with van der Waals surface area (Å²) in [5.41, 5.74) is 1.54. The standard InChI is InChI=1S/C28H31ClN4O5/c1-17(2)38-28(37)19-7-11-22(12-8-19)33-26(35)23(29)24(27(33)36)30-20-9-5-18(6-10-20)25(34)32(4)21-13-15-31(3)16-14-21/h5-12,17,21,30H,13-16H2,1-4H3. The zero-order chi connectivity index (χ0) is 27.6. The Hall–Kier alpha value is -3.69. The SMILES string of the molecule is CC(C)OC(=O)c1ccc(N2C(=O)C(Cl)=C(Nc3ccc(C(=O)N(C)C4CCN(C)CC4)cc3)C2=O)cc1. The van der Waals surface area contributed by atoms with Gasteiger partial charge in [0.2, 0.25) is 0 Å². The van der Waals surface area contributed by atoms with Gasteiger partial charge < -0.3 is 19.9 Å². The van der Waals surface area contributed by atoms with Crippen LogP contribution in [0.4, 0.5) is 11.4 Å². The average molecular weight is 539 g/mol. The van der Waals surface area contributed by atoms with Gasteiger partial charge in [-0.05, 0) is 95.4 Å². The van der Waals surface area contributed by atoms with E-state index in [9.17, 15) is 19.2 Å². The van der Waals surface area contributed by atoms with Crippen LogP contribution in [0.5, 0.6) is 0 Å². The van der Waals surface area contributed by atoms with Gasteiger partial charge in [0.15, 0.2) is 0 Å². The van der Waals surface area contributed by atoms with Crippen LogP contribution in [0.1, 0.15) is 47.4 Å². The zero-order valence-electron chi connectivity index (χ0n) is 21.9. The van der Waals surface area contributed by atoms with Crippen LogP contribution >= 0.6 is 11.6 Å². The first-order valence-corrected chi connectivity index (χ1v) is 12.9. The van der Waals surface area contributed by atoms with Crippen LogP contribution in [0, 0.1) is 0 Å². The molecule has 200 valence electrons. The van der Waals surface area contributed by atoms with Gasteiger partial charge in [-0.1, -0.05) is 11.6 Å². The zero-order valence-corrected chi connectivity index (χ0v) is 22.6. The molecule has 0 bridgehead atoms. The molecule has 9 nitrogen and oxygen atoms in total. The van der Waals surface area contributed by atoms with Crippen molar-refractivity contribution in [3.63, 3.8) is 0 Å². The number of imide groups is 1. The molecule has 2 heterocycles. The number of nitrogens with one attached hydrogen (secondary N) is 1. The molecular formula is C28H31ClN4O5. The minimum absolute atomic E-state index is 0.0671. The number of hydrogen-bond donors (Lipinski definition) is 1. The number of piperidine rings is 1. The van der Waals surface area contributed by atoms with Gasteiger partial charge in [-0.3, -0.25) is 14.4 Å². The highest BCUT2D eigenvalue weighted by atomic mass is 35.5. The third-order valence-corrected chi connectivity index (χ3v) is 7.04. The number of carbonyl (C=O) groups is 4. The third-order valence-electron chi connectivity index (χ3n) is 6.69. The Bertz CT molecular complexity index is 1270. The second-order valence-electron chi connectivity index (χ2n) is 9.79. The average Bonchev–Trinajstić information content (AvgIpc) is 3.11. The summed E-state index contributed by atoms with van der Waals surface area (Å²) in [5.74, 6) is -1.87. The summed E-state index contributed by atoms with van der Waals surface area (Å²) in [7, 11) is 3.90. The fraction of sp³-hybridized carbons (Fsp3) is 0.357. The van der Waals surface area contributed by atoms with Crippen molar-refractivity contribution in [1.82, 2.24) is 9.80 Å². The van der Waals surface area contributed by atoms with Crippen LogP contribution in [0.25, 0.3) is 0 Å². The number of anilines is 2. The van der Waals surface area contributed by atoms with Gasteiger partial charge in [0.1, 0.15) is 10.7 Å². The molecule has 0 aromatic heterocycles. The van der Waals surface area contributed by atoms with Gasteiger partial charge >= 0.3 is 5.97 Å². The van der Waals surface area contributed by atoms with E-state index in [0.29, 0.717) is 16.8 Å². The number of rotatable bonds is 7. The molecule has 3 amide bonds. The van der Waals surface area contributed by atoms with Gasteiger partial charge in [-0.2, -0.15) is 0 Å². The van der Waals surface area contributed by atoms with Gasteiger partial charge in [-0.25, -0.2) is 9.69 Å². The van der Waals surface area contributed by atoms with E-state index < -0.39 is 17.8 Å². The number of halogens is 1. The van der Waals surface area contributed by atoms with E-state index in [2.05, 4.69) is 17.3 Å². The summed E-state index contributed by atoms with van der Waals surface area (Å²) in [6.45, 7) is 5.41. The summed E-state index contributed by atoms with van der Waals surface area (Å²) in [6, 6.07) is 12.8. The number of likely N-dealkylation sites (tertiary alicyclic amines) is 1. The molecule has 1 N–H and O–H groups in total. The highest BCUT2D eigenvalue weighted by molar-refractivity contribution is 6.53. The Kier molecular flexibility index (Phi) is 8.18. The van der Waals surface area contributed by atoms with E-state index in [1.165, 1.54) is 24.3 Å². The van der Waals surface area contributed by atoms with Crippen LogP contribution in [0.3, 0.4) is 0 Å². The molecule has 1 saturated heterocycles. The first kappa shape index (κ1) is 27.3. The predicted octanol–water partition coefficient (Wildman–Crippen LogP) is 3.85. The van der Waals surface area contributed by atoms with Crippen LogP contribution in [-0.2, 0) is 14.3 Å². The molecule has 0 aliphatic carbocycles. The van der Waals surface area contributed by atoms with Crippen molar-refractivity contribution < 1.29 is 23.9 Å². The summed E-state index contributed by atoms with van der Waals surface area (Å²) < 4.78 is 5.16. The van der Waals surface area contributed by atoms with Crippen molar-refractivity contribution in [2.45, 2.75) is 38.8 Å². The van der Waals surface area contributed by atoms with E-state index in [0.717, 1.165) is 30.8 Å². The van der Waals surface area contributed by atoms with Crippen molar-refractivity contribution in [1.29, 1.82) is 0 Å². The van der Waals surface area contributed by atoms with Crippen molar-refractivity contribution >= 4 is 46.7 Å². The molecular weight excluding hydrogens is 508 g/mol. The lowest BCUT2D eigenvalue weighted by molar-refractivity contribution is -0.120. The molecule has 10 heteroatoms. The number of benzene rings is 2. The number of nitrogens with zero attached hydrogens (tertiary/aromatic N) is 3. The molecule has 4 rings (SSSR count). The number of ether oxygens (including phenoxy) is 1. The fourth-order valence-electron chi connectivity index (χ4n) is 4.47. The Labute approximate surface area is 227 Å². The Morgan fingerprint density at radius 3 is 2.13 bits per heavy atom. The van der Waals surface area contributed by atoms with Crippen LogP contribution in [-0.4, -0.2) is 72.8 Å². The van der Waals surface area contributed by atoms with Crippen LogP contribution in [0.2, 0.25) is 0 Å². The number of amides is 3. The molecule has 0 atom stereocenters. The third kappa shape index (κ3) is 5.74. The molecule has 2 aromatic carbocycles. The number of carbonyl (C=O) groups excluding carboxylic acids is 4. The molecule has 2 aromatic rings. The fourth-order valence-corrected chi connectivity index (χ4v) is 4.68. The molecule has 0 unspecified atom stereocenters. The lowest BCUT2D eigenvalue weighted by Gasteiger charge is -2.35. The maximum atomic E-state index is 13.1. The minimum atomic E-state index is -0.678. The summed E-state index contributed by atoms with van der Waals surface area (Å²) in [6.07, 6.45) is 1.60. The van der Waals surface area contributed by atoms with Gasteiger partial charge in [0.25, 0.3) is 17.7 Å². The Morgan fingerprint density at radius 2 is 1.55 bits per heavy atom. The molecule has 2 aliphatic heterocycles. The quantitative estimate of drug-likeness (QED) is 0.422. The lowest BCUT2D eigenvalue weighted by atomic mass is 10.0. The van der Waals surface area contributed by atoms with Crippen molar-refractivity contribution in [2.75, 3.05) is 37.4 Å². The van der Waals surface area contributed by atoms with Gasteiger partial charge in [0, 0.05) is 24.3 Å². The van der Waals surface area contributed by atoms with Crippen molar-refractivity contribution in [3.05, 3.63) is 70.4 Å². The summed E-state index contributed by atoms with van der Waals surface area (Å²) in [4.78, 5) is 55.9. The van der Waals surface area contributed by atoms with E-state index in [4.69, 9.17) is 16.3 Å². The normalized spacial score (nSPS) is 16.8. The highest BCUT2D eigenvalue weighted by Gasteiger charge is 2.39. The molecule has 0 saturated carbocycles. The monoisotopic (exact) mass is 538 g/mol. The number of esters is 1. The molecule has 38 heavy (non-hydrogen) atoms. The van der Waals surface area contributed by atoms with E-state index >= 15 is 0 Å². The predicted molar refractivity (Wildman–Crippen MR) is 145 cm³/mol. The lowest BCUT2D eigenvalue weighted by Crippen LogP contribution is -2.44. The van der Waals surface area contributed by atoms with Crippen LogP contribution < -0.4 is 10.2 Å². The molecule has 0 radical (unpaired) electrons. The largest absolute Gasteiger partial charge is 0.459 e. The highest BCUT2D eigenvalue weighted by Crippen LogP contribution is 2.30. The first-order valence-electron chi connectivity index (χ1n) is 12.5. The summed E-state index contributed by atoms with van der Waals surface area (Å²) in [5, 5.41) is 2.67. The molecule has 2 aliphatic rings.